The van der Waals surface area contributed by atoms with Gasteiger partial charge in [-0.1, -0.05) is 18.2 Å². The lowest BCUT2D eigenvalue weighted by molar-refractivity contribution is 0.102. The molecule has 0 saturated heterocycles. The van der Waals surface area contributed by atoms with Gasteiger partial charge in [-0.25, -0.2) is 0 Å². The van der Waals surface area contributed by atoms with Gasteiger partial charge < -0.3 is 10.6 Å². The van der Waals surface area contributed by atoms with Crippen molar-refractivity contribution in [2.45, 2.75) is 6.92 Å². The number of halogens is 1. The molecule has 0 aliphatic carbocycles. The molecular weight excluding hydrogens is 304 g/mol. The normalized spacial score (nSPS) is 10.1. The second-order valence-corrected chi connectivity index (χ2v) is 5.09. The van der Waals surface area contributed by atoms with Crippen LogP contribution in [0.3, 0.4) is 0 Å². The maximum atomic E-state index is 12.3. The van der Waals surface area contributed by atoms with Gasteiger partial charge in [0.25, 0.3) is 5.91 Å². The van der Waals surface area contributed by atoms with E-state index in [1.165, 1.54) is 0 Å². The number of hydrogen-bond acceptors (Lipinski definition) is 2. The van der Waals surface area contributed by atoms with Crippen molar-refractivity contribution >= 4 is 33.2 Å². The van der Waals surface area contributed by atoms with Crippen LogP contribution < -0.4 is 10.6 Å². The molecule has 0 saturated carbocycles. The summed E-state index contributed by atoms with van der Waals surface area (Å²) >= 11 is 3.41. The van der Waals surface area contributed by atoms with Gasteiger partial charge in [-0.3, -0.25) is 4.79 Å². The summed E-state index contributed by atoms with van der Waals surface area (Å²) < 4.78 is 0.862. The molecule has 98 valence electrons. The van der Waals surface area contributed by atoms with Gasteiger partial charge in [0, 0.05) is 17.2 Å². The van der Waals surface area contributed by atoms with Crippen LogP contribution in [0.2, 0.25) is 0 Å². The molecule has 0 unspecified atom stereocenters. The SMILES string of the molecule is CNc1cc(C)ccc1C(=O)Nc1ccccc1Br. The van der Waals surface area contributed by atoms with Crippen molar-refractivity contribution < 1.29 is 4.79 Å². The monoisotopic (exact) mass is 318 g/mol. The average Bonchev–Trinajstić information content (AvgIpc) is 2.41. The molecule has 3 nitrogen and oxygen atoms in total. The molecule has 19 heavy (non-hydrogen) atoms. The highest BCUT2D eigenvalue weighted by Crippen LogP contribution is 2.23. The lowest BCUT2D eigenvalue weighted by Crippen LogP contribution is -2.14. The van der Waals surface area contributed by atoms with E-state index in [0.29, 0.717) is 5.56 Å². The predicted molar refractivity (Wildman–Crippen MR) is 82.8 cm³/mol. The summed E-state index contributed by atoms with van der Waals surface area (Å²) in [5.74, 6) is -0.128. The second-order valence-electron chi connectivity index (χ2n) is 4.23. The smallest absolute Gasteiger partial charge is 0.257 e. The van der Waals surface area contributed by atoms with Crippen LogP contribution in [0.4, 0.5) is 11.4 Å². The van der Waals surface area contributed by atoms with Crippen molar-refractivity contribution in [1.82, 2.24) is 0 Å². The first-order chi connectivity index (χ1) is 9.11. The highest BCUT2D eigenvalue weighted by atomic mass is 79.9. The maximum absolute atomic E-state index is 12.3. The zero-order valence-corrected chi connectivity index (χ0v) is 12.4. The third-order valence-corrected chi connectivity index (χ3v) is 3.50. The summed E-state index contributed by atoms with van der Waals surface area (Å²) in [6.45, 7) is 2.00. The van der Waals surface area contributed by atoms with E-state index in [-0.39, 0.29) is 5.91 Å². The number of benzene rings is 2. The summed E-state index contributed by atoms with van der Waals surface area (Å²) in [4.78, 5) is 12.3. The van der Waals surface area contributed by atoms with E-state index in [1.807, 2.05) is 56.4 Å². The van der Waals surface area contributed by atoms with Gasteiger partial charge in [-0.15, -0.1) is 0 Å². The van der Waals surface area contributed by atoms with Crippen molar-refractivity contribution in [3.05, 3.63) is 58.1 Å². The number of para-hydroxylation sites is 1. The molecule has 1 amide bonds. The van der Waals surface area contributed by atoms with Gasteiger partial charge >= 0.3 is 0 Å². The summed E-state index contributed by atoms with van der Waals surface area (Å²) in [6, 6.07) is 13.2. The summed E-state index contributed by atoms with van der Waals surface area (Å²) in [5.41, 5.74) is 3.32. The van der Waals surface area contributed by atoms with Crippen LogP contribution in [0, 0.1) is 6.92 Å². The fourth-order valence-corrected chi connectivity index (χ4v) is 2.20. The first-order valence-electron chi connectivity index (χ1n) is 5.96. The third-order valence-electron chi connectivity index (χ3n) is 2.81. The quantitative estimate of drug-likeness (QED) is 0.896. The number of amides is 1. The Hall–Kier alpha value is -1.81. The van der Waals surface area contributed by atoms with Crippen LogP contribution in [-0.4, -0.2) is 13.0 Å². The van der Waals surface area contributed by atoms with Crippen LogP contribution in [0.5, 0.6) is 0 Å². The Morgan fingerprint density at radius 2 is 1.84 bits per heavy atom. The number of rotatable bonds is 3. The first kappa shape index (κ1) is 13.6. The molecule has 0 aromatic heterocycles. The average molecular weight is 319 g/mol. The molecule has 2 aromatic carbocycles. The van der Waals surface area contributed by atoms with Crippen molar-refractivity contribution in [2.24, 2.45) is 0 Å². The highest BCUT2D eigenvalue weighted by molar-refractivity contribution is 9.10. The summed E-state index contributed by atoms with van der Waals surface area (Å²) in [5, 5.41) is 5.94. The Bertz CT molecular complexity index is 611. The minimum absolute atomic E-state index is 0.128. The molecule has 0 atom stereocenters. The number of nitrogens with one attached hydrogen (secondary N) is 2. The number of anilines is 2. The zero-order chi connectivity index (χ0) is 13.8. The van der Waals surface area contributed by atoms with Gasteiger partial charge in [0.1, 0.15) is 0 Å². The minimum atomic E-state index is -0.128. The molecule has 2 rings (SSSR count). The van der Waals surface area contributed by atoms with Crippen LogP contribution in [0.15, 0.2) is 46.9 Å². The van der Waals surface area contributed by atoms with E-state index in [2.05, 4.69) is 26.6 Å². The summed E-state index contributed by atoms with van der Waals surface area (Å²) in [6.07, 6.45) is 0. The third kappa shape index (κ3) is 3.15. The Morgan fingerprint density at radius 1 is 1.11 bits per heavy atom. The maximum Gasteiger partial charge on any atom is 0.257 e. The number of carbonyl (C=O) groups is 1. The Kier molecular flexibility index (Phi) is 4.22. The van der Waals surface area contributed by atoms with Crippen molar-refractivity contribution in [1.29, 1.82) is 0 Å². The standard InChI is InChI=1S/C15H15BrN2O/c1-10-7-8-11(14(9-10)17-2)15(19)18-13-6-4-3-5-12(13)16/h3-9,17H,1-2H3,(H,18,19). The topological polar surface area (TPSA) is 41.1 Å². The molecule has 0 fully saturated rings. The fourth-order valence-electron chi connectivity index (χ4n) is 1.82. The highest BCUT2D eigenvalue weighted by Gasteiger charge is 2.12. The zero-order valence-electron chi connectivity index (χ0n) is 10.8. The molecule has 0 spiro atoms. The molecule has 0 bridgehead atoms. The Labute approximate surface area is 121 Å². The first-order valence-corrected chi connectivity index (χ1v) is 6.75. The molecule has 0 heterocycles. The second kappa shape index (κ2) is 5.89. The van der Waals surface area contributed by atoms with Crippen LogP contribution in [-0.2, 0) is 0 Å². The van der Waals surface area contributed by atoms with E-state index in [4.69, 9.17) is 0 Å². The number of hydrogen-bond donors (Lipinski definition) is 2. The fraction of sp³-hybridized carbons (Fsp3) is 0.133. The van der Waals surface area contributed by atoms with Crippen LogP contribution in [0.25, 0.3) is 0 Å². The van der Waals surface area contributed by atoms with Crippen LogP contribution in [0.1, 0.15) is 15.9 Å². The van der Waals surface area contributed by atoms with E-state index in [1.54, 1.807) is 0 Å². The van der Waals surface area contributed by atoms with Gasteiger partial charge in [0.15, 0.2) is 0 Å². The Balaban J connectivity index is 2.28. The number of carbonyl (C=O) groups excluding carboxylic acids is 1. The van der Waals surface area contributed by atoms with E-state index in [9.17, 15) is 4.79 Å². The van der Waals surface area contributed by atoms with Gasteiger partial charge in [0.2, 0.25) is 0 Å². The molecule has 2 N–H and O–H groups in total. The predicted octanol–water partition coefficient (Wildman–Crippen LogP) is 4.05. The molecule has 2 aromatic rings. The van der Waals surface area contributed by atoms with Crippen molar-refractivity contribution in [2.75, 3.05) is 17.7 Å². The van der Waals surface area contributed by atoms with Crippen molar-refractivity contribution in [3.63, 3.8) is 0 Å². The Morgan fingerprint density at radius 3 is 2.53 bits per heavy atom. The number of aryl methyl sites for hydroxylation is 1. The molecule has 0 aliphatic heterocycles. The molecular formula is C15H15BrN2O. The lowest BCUT2D eigenvalue weighted by atomic mass is 10.1. The largest absolute Gasteiger partial charge is 0.387 e. The lowest BCUT2D eigenvalue weighted by Gasteiger charge is -2.11. The molecule has 0 radical (unpaired) electrons. The van der Waals surface area contributed by atoms with Crippen LogP contribution >= 0.6 is 15.9 Å². The van der Waals surface area contributed by atoms with Gasteiger partial charge in [-0.2, -0.15) is 0 Å². The van der Waals surface area contributed by atoms with E-state index >= 15 is 0 Å². The minimum Gasteiger partial charge on any atom is -0.387 e. The molecule has 4 heteroatoms. The van der Waals surface area contributed by atoms with Crippen molar-refractivity contribution in [3.8, 4) is 0 Å². The van der Waals surface area contributed by atoms with Gasteiger partial charge in [-0.05, 0) is 52.7 Å². The van der Waals surface area contributed by atoms with E-state index < -0.39 is 0 Å². The van der Waals surface area contributed by atoms with E-state index in [0.717, 1.165) is 21.4 Å². The summed E-state index contributed by atoms with van der Waals surface area (Å²) in [7, 11) is 1.81. The molecule has 0 aliphatic rings. The van der Waals surface area contributed by atoms with Gasteiger partial charge in [0.05, 0.1) is 11.3 Å².